The van der Waals surface area contributed by atoms with Crippen LogP contribution in [0.1, 0.15) is 13.3 Å². The number of rotatable bonds is 1. The molecule has 1 rings (SSSR count). The van der Waals surface area contributed by atoms with Gasteiger partial charge in [0.25, 0.3) is 0 Å². The summed E-state index contributed by atoms with van der Waals surface area (Å²) in [5.41, 5.74) is 0.259. The molecule has 1 unspecified atom stereocenters. The van der Waals surface area contributed by atoms with E-state index in [1.807, 2.05) is 6.92 Å². The first-order valence-corrected chi connectivity index (χ1v) is 3.15. The van der Waals surface area contributed by atoms with E-state index in [0.717, 1.165) is 0 Å². The first-order chi connectivity index (χ1) is 4.61. The number of carboxylic acids is 1. The van der Waals surface area contributed by atoms with Crippen LogP contribution in [0.25, 0.3) is 0 Å². The SMILES string of the molecule is CC1CC(C(=O)O)=NN1C. The molecule has 0 aromatic rings. The quantitative estimate of drug-likeness (QED) is 0.567. The van der Waals surface area contributed by atoms with Crippen molar-refractivity contribution in [2.75, 3.05) is 7.05 Å². The zero-order chi connectivity index (χ0) is 7.72. The third-order valence-corrected chi connectivity index (χ3v) is 1.65. The van der Waals surface area contributed by atoms with E-state index in [9.17, 15) is 4.79 Å². The molecule has 0 aliphatic carbocycles. The van der Waals surface area contributed by atoms with Crippen LogP contribution in [0.15, 0.2) is 5.10 Å². The fourth-order valence-electron chi connectivity index (χ4n) is 0.872. The lowest BCUT2D eigenvalue weighted by atomic mass is 10.2. The van der Waals surface area contributed by atoms with Gasteiger partial charge in [0.05, 0.1) is 0 Å². The Morgan fingerprint density at radius 1 is 1.90 bits per heavy atom. The molecule has 0 spiro atoms. The monoisotopic (exact) mass is 142 g/mol. The molecule has 1 aliphatic rings. The zero-order valence-corrected chi connectivity index (χ0v) is 6.03. The van der Waals surface area contributed by atoms with Gasteiger partial charge in [0, 0.05) is 19.5 Å². The predicted octanol–water partition coefficient (Wildman–Crippen LogP) is 0.151. The van der Waals surface area contributed by atoms with Gasteiger partial charge in [-0.3, -0.25) is 5.01 Å². The fraction of sp³-hybridized carbons (Fsp3) is 0.667. The molecule has 0 bridgehead atoms. The van der Waals surface area contributed by atoms with E-state index in [1.165, 1.54) is 0 Å². The highest BCUT2D eigenvalue weighted by Gasteiger charge is 2.23. The lowest BCUT2D eigenvalue weighted by Gasteiger charge is -2.11. The van der Waals surface area contributed by atoms with Crippen molar-refractivity contribution in [2.24, 2.45) is 5.10 Å². The Hall–Kier alpha value is -1.06. The van der Waals surface area contributed by atoms with Gasteiger partial charge in [-0.1, -0.05) is 0 Å². The van der Waals surface area contributed by atoms with Crippen LogP contribution in [0.2, 0.25) is 0 Å². The maximum Gasteiger partial charge on any atom is 0.352 e. The standard InChI is InChI=1S/C6H10N2O2/c1-4-3-5(6(9)10)7-8(4)2/h4H,3H2,1-2H3,(H,9,10). The van der Waals surface area contributed by atoms with Crippen LogP contribution in [-0.2, 0) is 4.79 Å². The smallest absolute Gasteiger partial charge is 0.352 e. The Morgan fingerprint density at radius 2 is 2.50 bits per heavy atom. The average molecular weight is 142 g/mol. The van der Waals surface area contributed by atoms with Crippen molar-refractivity contribution in [3.8, 4) is 0 Å². The van der Waals surface area contributed by atoms with E-state index < -0.39 is 5.97 Å². The summed E-state index contributed by atoms with van der Waals surface area (Å²) in [7, 11) is 1.78. The second-order valence-corrected chi connectivity index (χ2v) is 2.48. The van der Waals surface area contributed by atoms with E-state index in [4.69, 9.17) is 5.11 Å². The maximum atomic E-state index is 10.3. The number of hydrazone groups is 1. The molecule has 1 aliphatic heterocycles. The Balaban J connectivity index is 2.67. The molecular weight excluding hydrogens is 132 g/mol. The molecule has 10 heavy (non-hydrogen) atoms. The summed E-state index contributed by atoms with van der Waals surface area (Å²) in [5, 5.41) is 14.0. The van der Waals surface area contributed by atoms with Gasteiger partial charge in [-0.15, -0.1) is 0 Å². The maximum absolute atomic E-state index is 10.3. The van der Waals surface area contributed by atoms with Gasteiger partial charge in [0.1, 0.15) is 5.71 Å². The molecule has 1 N–H and O–H groups in total. The summed E-state index contributed by atoms with van der Waals surface area (Å²) in [4.78, 5) is 10.3. The third-order valence-electron chi connectivity index (χ3n) is 1.65. The van der Waals surface area contributed by atoms with E-state index >= 15 is 0 Å². The fourth-order valence-corrected chi connectivity index (χ4v) is 0.872. The molecule has 0 aromatic carbocycles. The average Bonchev–Trinajstić information content (AvgIpc) is 2.13. The van der Waals surface area contributed by atoms with Crippen LogP contribution in [0.4, 0.5) is 0 Å². The number of nitrogens with zero attached hydrogens (tertiary/aromatic N) is 2. The van der Waals surface area contributed by atoms with E-state index in [1.54, 1.807) is 12.1 Å². The van der Waals surface area contributed by atoms with Crippen molar-refractivity contribution in [3.05, 3.63) is 0 Å². The number of aliphatic carboxylic acids is 1. The van der Waals surface area contributed by atoms with Gasteiger partial charge in [-0.05, 0) is 6.92 Å². The Bertz CT molecular complexity index is 188. The van der Waals surface area contributed by atoms with Gasteiger partial charge < -0.3 is 5.11 Å². The molecule has 0 saturated heterocycles. The van der Waals surface area contributed by atoms with Crippen molar-refractivity contribution in [1.82, 2.24) is 5.01 Å². The Kier molecular flexibility index (Phi) is 1.61. The molecule has 0 aromatic heterocycles. The molecule has 0 fully saturated rings. The number of hydrogen-bond acceptors (Lipinski definition) is 3. The van der Waals surface area contributed by atoms with Crippen molar-refractivity contribution in [2.45, 2.75) is 19.4 Å². The summed E-state index contributed by atoms with van der Waals surface area (Å²) < 4.78 is 0. The highest BCUT2D eigenvalue weighted by Crippen LogP contribution is 2.11. The van der Waals surface area contributed by atoms with Crippen molar-refractivity contribution in [3.63, 3.8) is 0 Å². The first-order valence-electron chi connectivity index (χ1n) is 3.15. The van der Waals surface area contributed by atoms with Gasteiger partial charge in [0.15, 0.2) is 0 Å². The van der Waals surface area contributed by atoms with Gasteiger partial charge in [-0.2, -0.15) is 5.10 Å². The minimum absolute atomic E-state index is 0.228. The minimum Gasteiger partial charge on any atom is -0.477 e. The highest BCUT2D eigenvalue weighted by atomic mass is 16.4. The van der Waals surface area contributed by atoms with Crippen molar-refractivity contribution in [1.29, 1.82) is 0 Å². The predicted molar refractivity (Wildman–Crippen MR) is 36.9 cm³/mol. The van der Waals surface area contributed by atoms with Crippen LogP contribution in [0.5, 0.6) is 0 Å². The summed E-state index contributed by atoms with van der Waals surface area (Å²) in [5.74, 6) is -0.906. The van der Waals surface area contributed by atoms with Crippen LogP contribution in [-0.4, -0.2) is 34.9 Å². The Labute approximate surface area is 59.1 Å². The van der Waals surface area contributed by atoms with Crippen LogP contribution in [0.3, 0.4) is 0 Å². The molecule has 0 saturated carbocycles. The first kappa shape index (κ1) is 7.05. The molecule has 4 heteroatoms. The second-order valence-electron chi connectivity index (χ2n) is 2.48. The lowest BCUT2D eigenvalue weighted by Crippen LogP contribution is -2.18. The molecule has 0 radical (unpaired) electrons. The molecule has 56 valence electrons. The number of carbonyl (C=O) groups is 1. The second kappa shape index (κ2) is 2.28. The molecular formula is C6H10N2O2. The summed E-state index contributed by atoms with van der Waals surface area (Å²) in [6.45, 7) is 1.94. The largest absolute Gasteiger partial charge is 0.477 e. The summed E-state index contributed by atoms with van der Waals surface area (Å²) >= 11 is 0. The van der Waals surface area contributed by atoms with Crippen molar-refractivity contribution >= 4 is 11.7 Å². The molecule has 4 nitrogen and oxygen atoms in total. The van der Waals surface area contributed by atoms with Crippen molar-refractivity contribution < 1.29 is 9.90 Å². The van der Waals surface area contributed by atoms with E-state index in [0.29, 0.717) is 6.42 Å². The van der Waals surface area contributed by atoms with E-state index in [2.05, 4.69) is 5.10 Å². The number of carboxylic acid groups (broad SMARTS) is 1. The van der Waals surface area contributed by atoms with E-state index in [-0.39, 0.29) is 11.8 Å². The molecule has 0 amide bonds. The normalized spacial score (nSPS) is 24.8. The van der Waals surface area contributed by atoms with Gasteiger partial charge in [0.2, 0.25) is 0 Å². The highest BCUT2D eigenvalue weighted by molar-refractivity contribution is 6.36. The number of hydrogen-bond donors (Lipinski definition) is 1. The Morgan fingerprint density at radius 3 is 2.70 bits per heavy atom. The summed E-state index contributed by atoms with van der Waals surface area (Å²) in [6.07, 6.45) is 0.547. The topological polar surface area (TPSA) is 52.9 Å². The lowest BCUT2D eigenvalue weighted by molar-refractivity contribution is -0.129. The summed E-state index contributed by atoms with van der Waals surface area (Å²) in [6, 6.07) is 0.228. The third kappa shape index (κ3) is 1.10. The van der Waals surface area contributed by atoms with Gasteiger partial charge in [-0.25, -0.2) is 4.79 Å². The molecule has 1 heterocycles. The van der Waals surface area contributed by atoms with Gasteiger partial charge >= 0.3 is 5.97 Å². The zero-order valence-electron chi connectivity index (χ0n) is 6.03. The van der Waals surface area contributed by atoms with Crippen LogP contribution in [0, 0.1) is 0 Å². The van der Waals surface area contributed by atoms with Crippen LogP contribution < -0.4 is 0 Å². The minimum atomic E-state index is -0.906. The van der Waals surface area contributed by atoms with Crippen LogP contribution >= 0.6 is 0 Å². The molecule has 1 atom stereocenters.